The maximum atomic E-state index is 13.5. The van der Waals surface area contributed by atoms with Crippen molar-refractivity contribution in [3.05, 3.63) is 59.2 Å². The van der Waals surface area contributed by atoms with Crippen molar-refractivity contribution in [3.63, 3.8) is 0 Å². The fourth-order valence-electron chi connectivity index (χ4n) is 3.74. The van der Waals surface area contributed by atoms with E-state index in [0.717, 1.165) is 6.07 Å². The summed E-state index contributed by atoms with van der Waals surface area (Å²) in [6, 6.07) is 9.68. The fourth-order valence-corrected chi connectivity index (χ4v) is 3.74. The number of hydrogen-bond donors (Lipinski definition) is 3. The van der Waals surface area contributed by atoms with Crippen LogP contribution in [0.3, 0.4) is 0 Å². The molecule has 2 aromatic carbocycles. The highest BCUT2D eigenvalue weighted by Crippen LogP contribution is 2.39. The first kappa shape index (κ1) is 25.5. The zero-order chi connectivity index (χ0) is 24.9. The standard InChI is InChI=1S/C24H27F3N2O5/c1-15(30)18-5-8-21(20(13-18)24(25,26)27)34-19-6-3-17(4-7-19)14-28-22(32)23(29-16(2)31)9-11-33-12-10-23/h3-8,13,15,30H,9-12,14H2,1-2H3,(H,28,32)(H,29,31). The molecule has 0 aliphatic carbocycles. The molecule has 0 bridgehead atoms. The molecule has 2 aromatic rings. The van der Waals surface area contributed by atoms with Crippen LogP contribution in [-0.2, 0) is 27.0 Å². The van der Waals surface area contributed by atoms with Crippen LogP contribution in [0.15, 0.2) is 42.5 Å². The number of aliphatic hydroxyl groups excluding tert-OH is 1. The third-order valence-corrected chi connectivity index (χ3v) is 5.59. The number of halogens is 3. The van der Waals surface area contributed by atoms with Crippen molar-refractivity contribution in [2.45, 2.75) is 51.1 Å². The summed E-state index contributed by atoms with van der Waals surface area (Å²) in [6.45, 7) is 3.62. The van der Waals surface area contributed by atoms with Crippen LogP contribution in [0.5, 0.6) is 11.5 Å². The molecule has 0 aromatic heterocycles. The van der Waals surface area contributed by atoms with Gasteiger partial charge in [-0.25, -0.2) is 0 Å². The lowest BCUT2D eigenvalue weighted by molar-refractivity contribution is -0.138. The van der Waals surface area contributed by atoms with Crippen LogP contribution in [0.1, 0.15) is 49.5 Å². The highest BCUT2D eigenvalue weighted by atomic mass is 19.4. The first-order chi connectivity index (χ1) is 16.0. The van der Waals surface area contributed by atoms with E-state index in [2.05, 4.69) is 10.6 Å². The molecular weight excluding hydrogens is 453 g/mol. The molecule has 0 spiro atoms. The molecule has 7 nitrogen and oxygen atoms in total. The van der Waals surface area contributed by atoms with E-state index in [9.17, 15) is 27.9 Å². The Bertz CT molecular complexity index is 1020. The van der Waals surface area contributed by atoms with E-state index in [4.69, 9.17) is 9.47 Å². The second-order valence-electron chi connectivity index (χ2n) is 8.23. The van der Waals surface area contributed by atoms with Gasteiger partial charge >= 0.3 is 6.18 Å². The van der Waals surface area contributed by atoms with Crippen molar-refractivity contribution >= 4 is 11.8 Å². The Hall–Kier alpha value is -3.11. The van der Waals surface area contributed by atoms with Gasteiger partial charge in [0.25, 0.3) is 0 Å². The average Bonchev–Trinajstić information content (AvgIpc) is 2.78. The quantitative estimate of drug-likeness (QED) is 0.560. The molecule has 3 N–H and O–H groups in total. The molecule has 0 saturated carbocycles. The lowest BCUT2D eigenvalue weighted by atomic mass is 9.88. The van der Waals surface area contributed by atoms with E-state index in [0.29, 0.717) is 31.6 Å². The lowest BCUT2D eigenvalue weighted by Gasteiger charge is -2.36. The second kappa shape index (κ2) is 10.4. The highest BCUT2D eigenvalue weighted by Gasteiger charge is 2.40. The van der Waals surface area contributed by atoms with Crippen LogP contribution in [0.4, 0.5) is 13.2 Å². The number of carbonyl (C=O) groups is 2. The van der Waals surface area contributed by atoms with Crippen LogP contribution in [0.2, 0.25) is 0 Å². The van der Waals surface area contributed by atoms with E-state index in [-0.39, 0.29) is 35.4 Å². The zero-order valence-electron chi connectivity index (χ0n) is 18.9. The van der Waals surface area contributed by atoms with Gasteiger partial charge in [0, 0.05) is 39.5 Å². The normalized spacial score (nSPS) is 16.4. The monoisotopic (exact) mass is 480 g/mol. The number of amides is 2. The van der Waals surface area contributed by atoms with Gasteiger partial charge in [-0.3, -0.25) is 9.59 Å². The van der Waals surface area contributed by atoms with Gasteiger partial charge < -0.3 is 25.2 Å². The Morgan fingerprint density at radius 2 is 1.79 bits per heavy atom. The molecule has 34 heavy (non-hydrogen) atoms. The van der Waals surface area contributed by atoms with Gasteiger partial charge in [-0.1, -0.05) is 18.2 Å². The maximum absolute atomic E-state index is 13.5. The summed E-state index contributed by atoms with van der Waals surface area (Å²) in [5.41, 5.74) is -1.18. The van der Waals surface area contributed by atoms with E-state index in [1.807, 2.05) is 0 Å². The van der Waals surface area contributed by atoms with Gasteiger partial charge in [0.2, 0.25) is 11.8 Å². The third-order valence-electron chi connectivity index (χ3n) is 5.59. The van der Waals surface area contributed by atoms with Crippen molar-refractivity contribution in [3.8, 4) is 11.5 Å². The third kappa shape index (κ3) is 6.27. The van der Waals surface area contributed by atoms with Crippen LogP contribution < -0.4 is 15.4 Å². The fraction of sp³-hybridized carbons (Fsp3) is 0.417. The van der Waals surface area contributed by atoms with Crippen molar-refractivity contribution < 1.29 is 37.3 Å². The number of benzene rings is 2. The Morgan fingerprint density at radius 1 is 1.15 bits per heavy atom. The number of aliphatic hydroxyl groups is 1. The first-order valence-electron chi connectivity index (χ1n) is 10.8. The highest BCUT2D eigenvalue weighted by molar-refractivity contribution is 5.91. The summed E-state index contributed by atoms with van der Waals surface area (Å²) in [7, 11) is 0. The SMILES string of the molecule is CC(=O)NC1(C(=O)NCc2ccc(Oc3ccc(C(C)O)cc3C(F)(F)F)cc2)CCOCC1. The summed E-state index contributed by atoms with van der Waals surface area (Å²) >= 11 is 0. The zero-order valence-corrected chi connectivity index (χ0v) is 18.9. The van der Waals surface area contributed by atoms with E-state index < -0.39 is 23.4 Å². The van der Waals surface area contributed by atoms with Crippen LogP contribution in [0.25, 0.3) is 0 Å². The maximum Gasteiger partial charge on any atom is 0.419 e. The summed E-state index contributed by atoms with van der Waals surface area (Å²) < 4.78 is 51.1. The summed E-state index contributed by atoms with van der Waals surface area (Å²) in [4.78, 5) is 24.4. The van der Waals surface area contributed by atoms with Gasteiger partial charge in [-0.15, -0.1) is 0 Å². The van der Waals surface area contributed by atoms with E-state index in [1.165, 1.54) is 38.1 Å². The molecule has 1 unspecified atom stereocenters. The number of carbonyl (C=O) groups excluding carboxylic acids is 2. The van der Waals surface area contributed by atoms with Crippen molar-refractivity contribution in [2.75, 3.05) is 13.2 Å². The van der Waals surface area contributed by atoms with Crippen LogP contribution in [0, 0.1) is 0 Å². The smallest absolute Gasteiger partial charge is 0.419 e. The Kier molecular flexibility index (Phi) is 7.83. The Morgan fingerprint density at radius 3 is 2.35 bits per heavy atom. The molecule has 1 aliphatic rings. The molecule has 3 rings (SSSR count). The number of rotatable bonds is 7. The molecule has 1 fully saturated rings. The molecule has 1 atom stereocenters. The van der Waals surface area contributed by atoms with Crippen LogP contribution >= 0.6 is 0 Å². The van der Waals surface area contributed by atoms with Gasteiger partial charge in [-0.05, 0) is 42.3 Å². The van der Waals surface area contributed by atoms with Gasteiger partial charge in [0.1, 0.15) is 17.0 Å². The number of alkyl halides is 3. The largest absolute Gasteiger partial charge is 0.457 e. The van der Waals surface area contributed by atoms with Gasteiger partial charge in [-0.2, -0.15) is 13.2 Å². The number of ether oxygens (including phenoxy) is 2. The predicted octanol–water partition coefficient (Wildman–Crippen LogP) is 3.85. The minimum Gasteiger partial charge on any atom is -0.457 e. The summed E-state index contributed by atoms with van der Waals surface area (Å²) in [5, 5.41) is 15.1. The van der Waals surface area contributed by atoms with Crippen molar-refractivity contribution in [1.82, 2.24) is 10.6 Å². The molecule has 1 heterocycles. The molecule has 0 radical (unpaired) electrons. The van der Waals surface area contributed by atoms with Crippen molar-refractivity contribution in [1.29, 1.82) is 0 Å². The van der Waals surface area contributed by atoms with Crippen molar-refractivity contribution in [2.24, 2.45) is 0 Å². The minimum absolute atomic E-state index is 0.132. The van der Waals surface area contributed by atoms with Crippen LogP contribution in [-0.4, -0.2) is 35.7 Å². The van der Waals surface area contributed by atoms with E-state index in [1.54, 1.807) is 12.1 Å². The lowest BCUT2D eigenvalue weighted by Crippen LogP contribution is -2.60. The Labute approximate surface area is 195 Å². The van der Waals surface area contributed by atoms with Gasteiger partial charge in [0.15, 0.2) is 0 Å². The molecule has 1 saturated heterocycles. The summed E-state index contributed by atoms with van der Waals surface area (Å²) in [6.07, 6.45) is -4.98. The average molecular weight is 480 g/mol. The second-order valence-corrected chi connectivity index (χ2v) is 8.23. The number of nitrogens with one attached hydrogen (secondary N) is 2. The van der Waals surface area contributed by atoms with E-state index >= 15 is 0 Å². The first-order valence-corrected chi connectivity index (χ1v) is 10.8. The topological polar surface area (TPSA) is 96.9 Å². The van der Waals surface area contributed by atoms with Gasteiger partial charge in [0.05, 0.1) is 11.7 Å². The molecule has 2 amide bonds. The molecule has 184 valence electrons. The molecule has 1 aliphatic heterocycles. The Balaban J connectivity index is 1.68. The predicted molar refractivity (Wildman–Crippen MR) is 117 cm³/mol. The summed E-state index contributed by atoms with van der Waals surface area (Å²) in [5.74, 6) is -0.822. The number of hydrogen-bond acceptors (Lipinski definition) is 5. The molecular formula is C24H27F3N2O5. The minimum atomic E-state index is -4.65. The molecule has 10 heteroatoms.